The van der Waals surface area contributed by atoms with Crippen LogP contribution < -0.4 is 25.8 Å². The van der Waals surface area contributed by atoms with Crippen molar-refractivity contribution >= 4 is 68.5 Å². The van der Waals surface area contributed by atoms with Crippen LogP contribution in [0.2, 0.25) is 5.02 Å². The first-order chi connectivity index (χ1) is 17.7. The van der Waals surface area contributed by atoms with Crippen LogP contribution in [0.1, 0.15) is 26.8 Å². The third-order valence-electron chi connectivity index (χ3n) is 6.10. The van der Waals surface area contributed by atoms with Crippen LogP contribution in [0.5, 0.6) is 5.75 Å². The highest BCUT2D eigenvalue weighted by Crippen LogP contribution is 2.30. The lowest BCUT2D eigenvalue weighted by Crippen LogP contribution is -2.50. The highest BCUT2D eigenvalue weighted by atomic mass is 127. The summed E-state index contributed by atoms with van der Waals surface area (Å²) in [5.74, 6) is 0.851. The molecule has 12 heteroatoms. The van der Waals surface area contributed by atoms with E-state index in [4.69, 9.17) is 26.1 Å². The van der Waals surface area contributed by atoms with E-state index in [1.54, 1.807) is 16.8 Å². The van der Waals surface area contributed by atoms with E-state index in [1.807, 2.05) is 32.0 Å². The number of hydrogen-bond donors (Lipinski definition) is 2. The van der Waals surface area contributed by atoms with Crippen LogP contribution in [0.15, 0.2) is 35.3 Å². The molecule has 1 unspecified atom stereocenters. The van der Waals surface area contributed by atoms with Gasteiger partial charge in [0.05, 0.1) is 31.0 Å². The number of nitrogens with one attached hydrogen (secondary N) is 2. The molecule has 0 saturated carbocycles. The number of likely N-dealkylation sites (N-methyl/N-ethyl adjacent to an activating group) is 1. The monoisotopic (exact) mass is 640 g/mol. The van der Waals surface area contributed by atoms with Gasteiger partial charge in [-0.05, 0) is 38.1 Å². The highest BCUT2D eigenvalue weighted by molar-refractivity contribution is 14.1. The second-order valence-corrected chi connectivity index (χ2v) is 11.4. The van der Waals surface area contributed by atoms with Crippen molar-refractivity contribution in [3.05, 3.63) is 45.8 Å². The molecule has 0 spiro atoms. The zero-order valence-corrected chi connectivity index (χ0v) is 24.0. The minimum absolute atomic E-state index is 0.107. The molecule has 4 rings (SSSR count). The van der Waals surface area contributed by atoms with Crippen LogP contribution in [-0.4, -0.2) is 63.8 Å². The summed E-state index contributed by atoms with van der Waals surface area (Å²) in [5, 5.41) is 6.94. The van der Waals surface area contributed by atoms with Gasteiger partial charge in [0.1, 0.15) is 5.02 Å². The summed E-state index contributed by atoms with van der Waals surface area (Å²) in [6.07, 6.45) is 1.60. The molecular weight excluding hydrogens is 611 g/mol. The van der Waals surface area contributed by atoms with Crippen LogP contribution in [-0.2, 0) is 9.53 Å². The Hall–Kier alpha value is -2.64. The maximum atomic E-state index is 13.1. The van der Waals surface area contributed by atoms with Crippen molar-refractivity contribution in [2.24, 2.45) is 0 Å². The van der Waals surface area contributed by atoms with E-state index in [0.717, 1.165) is 16.6 Å². The molecule has 1 amide bonds. The summed E-state index contributed by atoms with van der Waals surface area (Å²) in [7, 11) is 1.52. The van der Waals surface area contributed by atoms with E-state index in [2.05, 4.69) is 50.0 Å². The van der Waals surface area contributed by atoms with Gasteiger partial charge in [-0.15, -0.1) is 0 Å². The number of rotatable bonds is 8. The average Bonchev–Trinajstić information content (AvgIpc) is 2.88. The number of hydrogen-bond acceptors (Lipinski definition) is 8. The molecule has 10 nitrogen and oxygen atoms in total. The van der Waals surface area contributed by atoms with Gasteiger partial charge in [-0.3, -0.25) is 9.59 Å². The lowest BCUT2D eigenvalue weighted by molar-refractivity contribution is -0.122. The minimum atomic E-state index is -0.320. The summed E-state index contributed by atoms with van der Waals surface area (Å²) >= 11 is 8.86. The van der Waals surface area contributed by atoms with Crippen LogP contribution in [0, 0.1) is 0 Å². The first-order valence-electron chi connectivity index (χ1n) is 12.0. The number of fused-ring (bicyclic) bond motifs is 1. The SMILES string of the molecule is CNC(=O)COc1cc2cc(Nc3nc(N4CCOCC4[C@@H](C)I)ncc3Cl)ccc2n(C(C)C)c1=O. The number of alkyl halides is 1. The van der Waals surface area contributed by atoms with Crippen molar-refractivity contribution in [1.82, 2.24) is 19.9 Å². The Morgan fingerprint density at radius 2 is 2.11 bits per heavy atom. The number of ether oxygens (including phenoxy) is 2. The topological polar surface area (TPSA) is 111 Å². The third kappa shape index (κ3) is 6.10. The first kappa shape index (κ1) is 27.4. The molecule has 1 saturated heterocycles. The summed E-state index contributed by atoms with van der Waals surface area (Å²) in [6, 6.07) is 7.32. The summed E-state index contributed by atoms with van der Waals surface area (Å²) in [4.78, 5) is 36.1. The predicted molar refractivity (Wildman–Crippen MR) is 154 cm³/mol. The Balaban J connectivity index is 1.68. The Labute approximate surface area is 233 Å². The van der Waals surface area contributed by atoms with Gasteiger partial charge in [-0.2, -0.15) is 4.98 Å². The molecule has 1 aromatic carbocycles. The van der Waals surface area contributed by atoms with E-state index in [1.165, 1.54) is 7.05 Å². The van der Waals surface area contributed by atoms with Gasteiger partial charge in [-0.1, -0.05) is 41.1 Å². The largest absolute Gasteiger partial charge is 0.478 e. The van der Waals surface area contributed by atoms with E-state index >= 15 is 0 Å². The maximum Gasteiger partial charge on any atom is 0.293 e. The molecule has 0 radical (unpaired) electrons. The van der Waals surface area contributed by atoms with Gasteiger partial charge < -0.3 is 29.6 Å². The molecule has 3 heterocycles. The zero-order valence-electron chi connectivity index (χ0n) is 21.1. The summed E-state index contributed by atoms with van der Waals surface area (Å²) < 4.78 is 13.2. The molecule has 2 N–H and O–H groups in total. The number of benzene rings is 1. The maximum absolute atomic E-state index is 13.1. The van der Waals surface area contributed by atoms with E-state index in [0.29, 0.717) is 40.5 Å². The van der Waals surface area contributed by atoms with Crippen molar-refractivity contribution in [3.8, 4) is 5.75 Å². The van der Waals surface area contributed by atoms with Gasteiger partial charge in [0.15, 0.2) is 18.2 Å². The molecule has 198 valence electrons. The zero-order chi connectivity index (χ0) is 26.7. The molecule has 1 fully saturated rings. The number of nitrogens with zero attached hydrogens (tertiary/aromatic N) is 4. The molecule has 3 aromatic rings. The molecule has 2 atom stereocenters. The van der Waals surface area contributed by atoms with Gasteiger partial charge in [-0.25, -0.2) is 4.98 Å². The number of carbonyl (C=O) groups excluding carboxylic acids is 1. The Morgan fingerprint density at radius 1 is 1.32 bits per heavy atom. The highest BCUT2D eigenvalue weighted by Gasteiger charge is 2.29. The molecule has 37 heavy (non-hydrogen) atoms. The fraction of sp³-hybridized carbons (Fsp3) is 0.440. The molecular formula is C25H30ClIN6O4. The van der Waals surface area contributed by atoms with Crippen molar-refractivity contribution in [3.63, 3.8) is 0 Å². The average molecular weight is 641 g/mol. The Bertz CT molecular complexity index is 1350. The molecule has 0 bridgehead atoms. The quantitative estimate of drug-likeness (QED) is 0.282. The summed E-state index contributed by atoms with van der Waals surface area (Å²) in [5.41, 5.74) is 1.19. The van der Waals surface area contributed by atoms with Gasteiger partial charge in [0, 0.05) is 34.6 Å². The van der Waals surface area contributed by atoms with Crippen LogP contribution in [0.4, 0.5) is 17.5 Å². The Kier molecular flexibility index (Phi) is 8.75. The lowest BCUT2D eigenvalue weighted by Gasteiger charge is -2.37. The molecule has 1 aliphatic rings. The van der Waals surface area contributed by atoms with E-state index in [-0.39, 0.29) is 35.9 Å². The summed E-state index contributed by atoms with van der Waals surface area (Å²) in [6.45, 7) is 7.67. The smallest absolute Gasteiger partial charge is 0.293 e. The molecule has 2 aromatic heterocycles. The number of halogens is 2. The predicted octanol–water partition coefficient (Wildman–Crippen LogP) is 3.92. The van der Waals surface area contributed by atoms with Gasteiger partial charge >= 0.3 is 0 Å². The van der Waals surface area contributed by atoms with E-state index in [9.17, 15) is 9.59 Å². The van der Waals surface area contributed by atoms with Crippen molar-refractivity contribution in [1.29, 1.82) is 0 Å². The van der Waals surface area contributed by atoms with Gasteiger partial charge in [0.2, 0.25) is 5.95 Å². The van der Waals surface area contributed by atoms with Crippen molar-refractivity contribution < 1.29 is 14.3 Å². The second kappa shape index (κ2) is 11.8. The standard InChI is InChI=1S/C25H30ClIN6O4/c1-14(2)33-19-6-5-17(9-16(19)10-21(24(33)35)37-13-22(34)28-4)30-23-18(26)11-29-25(31-23)32-7-8-36-12-20(32)15(3)27/h5-6,9-11,14-15,20H,7-8,12-13H2,1-4H3,(H,28,34)(H,29,30,31)/t15-,20?/m1/s1. The number of aromatic nitrogens is 3. The van der Waals surface area contributed by atoms with Gasteiger partial charge in [0.25, 0.3) is 11.5 Å². The van der Waals surface area contributed by atoms with Crippen molar-refractivity contribution in [2.45, 2.75) is 36.8 Å². The minimum Gasteiger partial charge on any atom is -0.478 e. The number of pyridine rings is 1. The molecule has 0 aliphatic carbocycles. The lowest BCUT2D eigenvalue weighted by atomic mass is 10.1. The van der Waals surface area contributed by atoms with Crippen LogP contribution in [0.3, 0.4) is 0 Å². The first-order valence-corrected chi connectivity index (χ1v) is 13.6. The molecule has 1 aliphatic heterocycles. The third-order valence-corrected chi connectivity index (χ3v) is 7.21. The Morgan fingerprint density at radius 3 is 2.81 bits per heavy atom. The number of amides is 1. The normalized spacial score (nSPS) is 16.6. The second-order valence-electron chi connectivity index (χ2n) is 9.02. The van der Waals surface area contributed by atoms with Crippen LogP contribution >= 0.6 is 34.2 Å². The van der Waals surface area contributed by atoms with E-state index < -0.39 is 0 Å². The fourth-order valence-electron chi connectivity index (χ4n) is 4.20. The van der Waals surface area contributed by atoms with Crippen molar-refractivity contribution in [2.75, 3.05) is 43.6 Å². The fourth-order valence-corrected chi connectivity index (χ4v) is 4.94. The van der Waals surface area contributed by atoms with Crippen LogP contribution in [0.25, 0.3) is 10.9 Å². The number of anilines is 3. The number of carbonyl (C=O) groups is 1. The number of morpholine rings is 1.